The molecule has 98 valence electrons. The van der Waals surface area contributed by atoms with Gasteiger partial charge in [0, 0.05) is 0 Å². The maximum Gasteiger partial charge on any atom is -0.0471 e. The summed E-state index contributed by atoms with van der Waals surface area (Å²) in [6.45, 7) is 6.95. The Balaban J connectivity index is 2.88. The van der Waals surface area contributed by atoms with Crippen molar-refractivity contribution in [3.05, 3.63) is 0 Å². The summed E-state index contributed by atoms with van der Waals surface area (Å²) in [5.41, 5.74) is 0. The fourth-order valence-electron chi connectivity index (χ4n) is 2.22. The number of rotatable bonds is 12. The lowest BCUT2D eigenvalue weighted by molar-refractivity contribution is 0.504. The third kappa shape index (κ3) is 14.0. The Morgan fingerprint density at radius 3 is 1.31 bits per heavy atom. The maximum absolute atomic E-state index is 2.33. The first-order chi connectivity index (χ1) is 7.77. The van der Waals surface area contributed by atoms with Gasteiger partial charge in [-0.2, -0.15) is 0 Å². The van der Waals surface area contributed by atoms with E-state index >= 15 is 0 Å². The maximum atomic E-state index is 2.33. The average Bonchev–Trinajstić information content (AvgIpc) is 2.25. The Bertz CT molecular complexity index is 115. The highest BCUT2D eigenvalue weighted by atomic mass is 14.0. The molecular weight excluding hydrogens is 192 g/mol. The molecular formula is C16H34. The molecule has 0 atom stereocenters. The van der Waals surface area contributed by atoms with Gasteiger partial charge in [0.2, 0.25) is 0 Å². The van der Waals surface area contributed by atoms with Gasteiger partial charge in [-0.1, -0.05) is 97.8 Å². The highest BCUT2D eigenvalue weighted by Crippen LogP contribution is 2.13. The number of hydrogen-bond acceptors (Lipinski definition) is 0. The highest BCUT2D eigenvalue weighted by Gasteiger charge is 1.95. The topological polar surface area (TPSA) is 0 Å². The van der Waals surface area contributed by atoms with Gasteiger partial charge in [-0.15, -0.1) is 0 Å². The Morgan fingerprint density at radius 1 is 0.562 bits per heavy atom. The smallest absolute Gasteiger partial charge is 0.0471 e. The molecule has 0 aliphatic heterocycles. The van der Waals surface area contributed by atoms with Crippen LogP contribution in [0.3, 0.4) is 0 Å². The summed E-state index contributed by atoms with van der Waals surface area (Å²) >= 11 is 0. The van der Waals surface area contributed by atoms with E-state index < -0.39 is 0 Å². The first-order valence-electron chi connectivity index (χ1n) is 7.77. The molecule has 0 heterocycles. The fourth-order valence-corrected chi connectivity index (χ4v) is 2.22. The summed E-state index contributed by atoms with van der Waals surface area (Å²) in [7, 11) is 0. The van der Waals surface area contributed by atoms with Crippen LogP contribution >= 0.6 is 0 Å². The van der Waals surface area contributed by atoms with Gasteiger partial charge in [0.25, 0.3) is 0 Å². The predicted octanol–water partition coefficient (Wildman–Crippen LogP) is 6.34. The molecule has 0 aliphatic carbocycles. The van der Waals surface area contributed by atoms with Gasteiger partial charge in [0.15, 0.2) is 0 Å². The fraction of sp³-hybridized carbons (Fsp3) is 1.00. The minimum atomic E-state index is 0.901. The molecule has 0 nitrogen and oxygen atoms in total. The van der Waals surface area contributed by atoms with Crippen LogP contribution in [0, 0.1) is 5.92 Å². The zero-order valence-corrected chi connectivity index (χ0v) is 12.1. The van der Waals surface area contributed by atoms with E-state index in [1.54, 1.807) is 0 Å². The SMILES string of the molecule is CCCCCCCCCCCCCC(C)C. The van der Waals surface area contributed by atoms with E-state index in [2.05, 4.69) is 20.8 Å². The molecule has 16 heavy (non-hydrogen) atoms. The third-order valence-corrected chi connectivity index (χ3v) is 3.39. The molecule has 0 bridgehead atoms. The molecule has 0 aromatic heterocycles. The minimum Gasteiger partial charge on any atom is -0.0654 e. The van der Waals surface area contributed by atoms with Crippen LogP contribution < -0.4 is 0 Å². The molecule has 0 saturated heterocycles. The van der Waals surface area contributed by atoms with E-state index in [1.165, 1.54) is 77.0 Å². The van der Waals surface area contributed by atoms with Gasteiger partial charge in [0.05, 0.1) is 0 Å². The molecule has 0 radical (unpaired) electrons. The van der Waals surface area contributed by atoms with Crippen LogP contribution in [0.15, 0.2) is 0 Å². The van der Waals surface area contributed by atoms with E-state index in [1.807, 2.05) is 0 Å². The van der Waals surface area contributed by atoms with Gasteiger partial charge < -0.3 is 0 Å². The lowest BCUT2D eigenvalue weighted by Crippen LogP contribution is -1.87. The zero-order valence-electron chi connectivity index (χ0n) is 12.1. The molecule has 0 unspecified atom stereocenters. The molecule has 0 N–H and O–H groups in total. The molecule has 0 saturated carbocycles. The van der Waals surface area contributed by atoms with Crippen LogP contribution in [0.1, 0.15) is 97.8 Å². The summed E-state index contributed by atoms with van der Waals surface area (Å²) in [4.78, 5) is 0. The second-order valence-corrected chi connectivity index (χ2v) is 5.72. The van der Waals surface area contributed by atoms with Crippen molar-refractivity contribution in [2.24, 2.45) is 5.92 Å². The van der Waals surface area contributed by atoms with Crippen molar-refractivity contribution in [1.29, 1.82) is 0 Å². The Morgan fingerprint density at radius 2 is 0.938 bits per heavy atom. The summed E-state index contributed by atoms with van der Waals surface area (Å²) in [6, 6.07) is 0. The predicted molar refractivity (Wildman–Crippen MR) is 75.9 cm³/mol. The van der Waals surface area contributed by atoms with Gasteiger partial charge in [-0.25, -0.2) is 0 Å². The number of hydrogen-bond donors (Lipinski definition) is 0. The zero-order chi connectivity index (χ0) is 12.1. The molecule has 0 aromatic carbocycles. The van der Waals surface area contributed by atoms with Crippen LogP contribution in [0.2, 0.25) is 0 Å². The standard InChI is InChI=1S/C16H34/c1-4-5-6-7-8-9-10-11-12-13-14-15-16(2)3/h16H,4-15H2,1-3H3. The third-order valence-electron chi connectivity index (χ3n) is 3.39. The second-order valence-electron chi connectivity index (χ2n) is 5.72. The Hall–Kier alpha value is 0. The first kappa shape index (κ1) is 16.0. The lowest BCUT2D eigenvalue weighted by Gasteiger charge is -2.04. The van der Waals surface area contributed by atoms with E-state index in [0.29, 0.717) is 0 Å². The normalized spacial score (nSPS) is 11.2. The van der Waals surface area contributed by atoms with Crippen LogP contribution in [0.25, 0.3) is 0 Å². The summed E-state index contributed by atoms with van der Waals surface area (Å²) < 4.78 is 0. The summed E-state index contributed by atoms with van der Waals surface area (Å²) in [6.07, 6.45) is 17.5. The van der Waals surface area contributed by atoms with Crippen LogP contribution in [-0.2, 0) is 0 Å². The minimum absolute atomic E-state index is 0.901. The quantitative estimate of drug-likeness (QED) is 0.340. The monoisotopic (exact) mass is 226 g/mol. The van der Waals surface area contributed by atoms with Crippen LogP contribution in [-0.4, -0.2) is 0 Å². The van der Waals surface area contributed by atoms with Crippen molar-refractivity contribution in [1.82, 2.24) is 0 Å². The largest absolute Gasteiger partial charge is 0.0654 e. The lowest BCUT2D eigenvalue weighted by atomic mass is 10.0. The van der Waals surface area contributed by atoms with Crippen LogP contribution in [0.5, 0.6) is 0 Å². The highest BCUT2D eigenvalue weighted by molar-refractivity contribution is 4.50. The molecule has 0 rings (SSSR count). The van der Waals surface area contributed by atoms with Crippen LogP contribution in [0.4, 0.5) is 0 Å². The van der Waals surface area contributed by atoms with Crippen molar-refractivity contribution in [3.8, 4) is 0 Å². The van der Waals surface area contributed by atoms with Gasteiger partial charge in [-0.3, -0.25) is 0 Å². The van der Waals surface area contributed by atoms with E-state index in [4.69, 9.17) is 0 Å². The molecule has 0 aliphatic rings. The van der Waals surface area contributed by atoms with Gasteiger partial charge in [0.1, 0.15) is 0 Å². The second kappa shape index (κ2) is 13.1. The molecule has 0 aromatic rings. The van der Waals surface area contributed by atoms with Gasteiger partial charge in [-0.05, 0) is 5.92 Å². The van der Waals surface area contributed by atoms with E-state index in [0.717, 1.165) is 5.92 Å². The summed E-state index contributed by atoms with van der Waals surface area (Å²) in [5.74, 6) is 0.901. The molecule has 0 fully saturated rings. The van der Waals surface area contributed by atoms with E-state index in [-0.39, 0.29) is 0 Å². The Kier molecular flexibility index (Phi) is 13.1. The first-order valence-corrected chi connectivity index (χ1v) is 7.77. The van der Waals surface area contributed by atoms with Crippen molar-refractivity contribution in [2.45, 2.75) is 97.8 Å². The molecule has 0 spiro atoms. The van der Waals surface area contributed by atoms with Crippen molar-refractivity contribution < 1.29 is 0 Å². The van der Waals surface area contributed by atoms with Gasteiger partial charge >= 0.3 is 0 Å². The molecule has 0 heteroatoms. The Labute approximate surface area is 104 Å². The van der Waals surface area contributed by atoms with Crippen molar-refractivity contribution >= 4 is 0 Å². The van der Waals surface area contributed by atoms with Crippen molar-refractivity contribution in [3.63, 3.8) is 0 Å². The average molecular weight is 226 g/mol. The van der Waals surface area contributed by atoms with E-state index in [9.17, 15) is 0 Å². The van der Waals surface area contributed by atoms with Crippen molar-refractivity contribution in [2.75, 3.05) is 0 Å². The number of unbranched alkanes of at least 4 members (excludes halogenated alkanes) is 10. The summed E-state index contributed by atoms with van der Waals surface area (Å²) in [5, 5.41) is 0. The molecule has 0 amide bonds.